The summed E-state index contributed by atoms with van der Waals surface area (Å²) in [5.74, 6) is -2.35. The molecule has 1 aromatic rings. The second-order valence-electron chi connectivity index (χ2n) is 3.79. The number of carboxylic acids is 1. The number of carboxylic acid groups (broad SMARTS) is 1. The normalized spacial score (nSPS) is 13.6. The average molecular weight is 269 g/mol. The van der Waals surface area contributed by atoms with Crippen molar-refractivity contribution in [2.75, 3.05) is 12.3 Å². The minimum atomic E-state index is -1.86. The Bertz CT molecular complexity index is 487. The van der Waals surface area contributed by atoms with Crippen molar-refractivity contribution in [1.29, 1.82) is 0 Å². The molecule has 0 aliphatic carbocycles. The molecule has 0 spiro atoms. The number of nitrogens with two attached hydrogens (primary N) is 1. The summed E-state index contributed by atoms with van der Waals surface area (Å²) < 4.78 is 4.55. The highest BCUT2D eigenvalue weighted by Gasteiger charge is 2.30. The van der Waals surface area contributed by atoms with Gasteiger partial charge in [-0.15, -0.1) is 0 Å². The third kappa shape index (κ3) is 3.43. The van der Waals surface area contributed by atoms with Gasteiger partial charge in [0.25, 0.3) is 0 Å². The van der Waals surface area contributed by atoms with Gasteiger partial charge in [-0.3, -0.25) is 0 Å². The van der Waals surface area contributed by atoms with E-state index in [4.69, 9.17) is 10.8 Å². The van der Waals surface area contributed by atoms with Gasteiger partial charge in [-0.2, -0.15) is 0 Å². The van der Waals surface area contributed by atoms with E-state index in [-0.39, 0.29) is 23.4 Å². The molecule has 1 rings (SSSR count). The summed E-state index contributed by atoms with van der Waals surface area (Å²) in [6.07, 6.45) is -3.56. The number of aromatic carboxylic acids is 1. The summed E-state index contributed by atoms with van der Waals surface area (Å²) in [6.45, 7) is 1.58. The summed E-state index contributed by atoms with van der Waals surface area (Å²) in [5.41, 5.74) is 5.25. The Labute approximate surface area is 109 Å². The van der Waals surface area contributed by atoms with E-state index in [1.54, 1.807) is 6.92 Å². The van der Waals surface area contributed by atoms with Crippen molar-refractivity contribution in [3.05, 3.63) is 29.3 Å². The van der Waals surface area contributed by atoms with Crippen LogP contribution in [0.2, 0.25) is 0 Å². The largest absolute Gasteiger partial charge is 0.478 e. The second kappa shape index (κ2) is 6.17. The maximum absolute atomic E-state index is 11.3. The first-order chi connectivity index (χ1) is 8.88. The van der Waals surface area contributed by atoms with Crippen molar-refractivity contribution >= 4 is 17.6 Å². The van der Waals surface area contributed by atoms with E-state index >= 15 is 0 Å². The van der Waals surface area contributed by atoms with Crippen LogP contribution in [-0.2, 0) is 9.53 Å². The van der Waals surface area contributed by atoms with Crippen LogP contribution in [-0.4, -0.2) is 40.0 Å². The summed E-state index contributed by atoms with van der Waals surface area (Å²) in [6, 6.07) is 3.74. The summed E-state index contributed by atoms with van der Waals surface area (Å²) in [5, 5.41) is 28.4. The molecule has 104 valence electrons. The SMILES string of the molecule is CCOC(=O)C(O)C(O)c1ccc(N)cc1C(=O)O. The van der Waals surface area contributed by atoms with Crippen LogP contribution in [0, 0.1) is 0 Å². The van der Waals surface area contributed by atoms with Crippen LogP contribution in [0.1, 0.15) is 28.9 Å². The molecule has 0 aliphatic heterocycles. The molecule has 0 fully saturated rings. The number of rotatable bonds is 5. The molecule has 7 heteroatoms. The average Bonchev–Trinajstić information content (AvgIpc) is 2.37. The monoisotopic (exact) mass is 269 g/mol. The maximum atomic E-state index is 11.3. The Kier molecular flexibility index (Phi) is 4.85. The van der Waals surface area contributed by atoms with E-state index < -0.39 is 24.1 Å². The lowest BCUT2D eigenvalue weighted by atomic mass is 9.98. The minimum Gasteiger partial charge on any atom is -0.478 e. The molecule has 0 amide bonds. The first-order valence-corrected chi connectivity index (χ1v) is 5.54. The van der Waals surface area contributed by atoms with Crippen molar-refractivity contribution in [1.82, 2.24) is 0 Å². The number of carbonyl (C=O) groups excluding carboxylic acids is 1. The molecule has 0 aromatic heterocycles. The van der Waals surface area contributed by atoms with Gasteiger partial charge in [0.15, 0.2) is 6.10 Å². The topological polar surface area (TPSA) is 130 Å². The van der Waals surface area contributed by atoms with Gasteiger partial charge in [0.05, 0.1) is 12.2 Å². The number of carbonyl (C=O) groups is 2. The molecular formula is C12H15NO6. The van der Waals surface area contributed by atoms with Gasteiger partial charge >= 0.3 is 11.9 Å². The summed E-state index contributed by atoms with van der Waals surface area (Å²) in [4.78, 5) is 22.3. The number of benzene rings is 1. The highest BCUT2D eigenvalue weighted by Crippen LogP contribution is 2.24. The molecule has 0 radical (unpaired) electrons. The molecule has 0 aliphatic rings. The first kappa shape index (κ1) is 14.9. The van der Waals surface area contributed by atoms with Gasteiger partial charge < -0.3 is 25.8 Å². The Balaban J connectivity index is 3.08. The molecule has 7 nitrogen and oxygen atoms in total. The van der Waals surface area contributed by atoms with Crippen LogP contribution in [0.3, 0.4) is 0 Å². The van der Waals surface area contributed by atoms with Gasteiger partial charge in [0.1, 0.15) is 6.10 Å². The minimum absolute atomic E-state index is 0.0378. The first-order valence-electron chi connectivity index (χ1n) is 5.54. The Morgan fingerprint density at radius 1 is 1.37 bits per heavy atom. The summed E-state index contributed by atoms with van der Waals surface area (Å²) in [7, 11) is 0. The zero-order valence-corrected chi connectivity index (χ0v) is 10.2. The van der Waals surface area contributed by atoms with Gasteiger partial charge in [0.2, 0.25) is 0 Å². The molecule has 0 bridgehead atoms. The van der Waals surface area contributed by atoms with Crippen molar-refractivity contribution in [2.45, 2.75) is 19.1 Å². The van der Waals surface area contributed by atoms with Gasteiger partial charge in [-0.1, -0.05) is 6.07 Å². The lowest BCUT2D eigenvalue weighted by Gasteiger charge is -2.18. The van der Waals surface area contributed by atoms with E-state index in [1.165, 1.54) is 12.1 Å². The fourth-order valence-electron chi connectivity index (χ4n) is 1.54. The van der Waals surface area contributed by atoms with Crippen molar-refractivity contribution in [3.8, 4) is 0 Å². The van der Waals surface area contributed by atoms with E-state index in [9.17, 15) is 19.8 Å². The van der Waals surface area contributed by atoms with Gasteiger partial charge in [-0.05, 0) is 24.6 Å². The molecule has 0 heterocycles. The Hall–Kier alpha value is -2.12. The van der Waals surface area contributed by atoms with Crippen LogP contribution in [0.25, 0.3) is 0 Å². The van der Waals surface area contributed by atoms with E-state index in [1.807, 2.05) is 0 Å². The number of hydrogen-bond donors (Lipinski definition) is 4. The van der Waals surface area contributed by atoms with Crippen LogP contribution in [0.15, 0.2) is 18.2 Å². The van der Waals surface area contributed by atoms with E-state index in [2.05, 4.69) is 4.74 Å². The van der Waals surface area contributed by atoms with Crippen molar-refractivity contribution in [2.24, 2.45) is 0 Å². The second-order valence-corrected chi connectivity index (χ2v) is 3.79. The highest BCUT2D eigenvalue weighted by molar-refractivity contribution is 5.91. The summed E-state index contributed by atoms with van der Waals surface area (Å²) >= 11 is 0. The molecule has 0 saturated heterocycles. The fourth-order valence-corrected chi connectivity index (χ4v) is 1.54. The van der Waals surface area contributed by atoms with Crippen LogP contribution < -0.4 is 5.73 Å². The van der Waals surface area contributed by atoms with Crippen LogP contribution in [0.5, 0.6) is 0 Å². The molecule has 1 aromatic carbocycles. The van der Waals surface area contributed by atoms with Crippen LogP contribution in [0.4, 0.5) is 5.69 Å². The number of hydrogen-bond acceptors (Lipinski definition) is 6. The number of aliphatic hydroxyl groups is 2. The van der Waals surface area contributed by atoms with Gasteiger partial charge in [-0.25, -0.2) is 9.59 Å². The molecule has 5 N–H and O–H groups in total. The quantitative estimate of drug-likeness (QED) is 0.434. The van der Waals surface area contributed by atoms with Crippen molar-refractivity contribution in [3.63, 3.8) is 0 Å². The van der Waals surface area contributed by atoms with Crippen molar-refractivity contribution < 1.29 is 29.6 Å². The third-order valence-electron chi connectivity index (χ3n) is 2.45. The number of esters is 1. The van der Waals surface area contributed by atoms with Crippen LogP contribution >= 0.6 is 0 Å². The Morgan fingerprint density at radius 3 is 2.53 bits per heavy atom. The maximum Gasteiger partial charge on any atom is 0.338 e. The zero-order chi connectivity index (χ0) is 14.6. The van der Waals surface area contributed by atoms with E-state index in [0.717, 1.165) is 6.07 Å². The fraction of sp³-hybridized carbons (Fsp3) is 0.333. The number of ether oxygens (including phenoxy) is 1. The Morgan fingerprint density at radius 2 is 2.00 bits per heavy atom. The van der Waals surface area contributed by atoms with E-state index in [0.29, 0.717) is 0 Å². The number of anilines is 1. The highest BCUT2D eigenvalue weighted by atomic mass is 16.5. The molecule has 0 saturated carbocycles. The number of aliphatic hydroxyl groups excluding tert-OH is 2. The molecule has 2 atom stereocenters. The number of nitrogen functional groups attached to an aromatic ring is 1. The molecular weight excluding hydrogens is 254 g/mol. The zero-order valence-electron chi connectivity index (χ0n) is 10.2. The lowest BCUT2D eigenvalue weighted by Crippen LogP contribution is -2.30. The predicted molar refractivity (Wildman–Crippen MR) is 65.4 cm³/mol. The van der Waals surface area contributed by atoms with Gasteiger partial charge in [0, 0.05) is 5.69 Å². The third-order valence-corrected chi connectivity index (χ3v) is 2.45. The standard InChI is InChI=1S/C12H15NO6/c1-2-19-12(18)10(15)9(14)7-4-3-6(13)5-8(7)11(16)17/h3-5,9-10,14-15H,2,13H2,1H3,(H,16,17). The molecule has 19 heavy (non-hydrogen) atoms. The lowest BCUT2D eigenvalue weighted by molar-refractivity contribution is -0.159. The smallest absolute Gasteiger partial charge is 0.338 e. The molecule has 2 unspecified atom stereocenters. The predicted octanol–water partition coefficient (Wildman–Crippen LogP) is -0.0756.